The molecule has 1 aromatic carbocycles. The van der Waals surface area contributed by atoms with Gasteiger partial charge < -0.3 is 16.0 Å². The Kier molecular flexibility index (Phi) is 11.4. The molecule has 1 atom stereocenters. The molecule has 1 amide bonds. The molecule has 2 rings (SSSR count). The highest BCUT2D eigenvalue weighted by atomic mass is 127. The lowest BCUT2D eigenvalue weighted by Crippen LogP contribution is -2.44. The smallest absolute Gasteiger partial charge is 0.226 e. The zero-order valence-corrected chi connectivity index (χ0v) is 20.0. The molecule has 1 aliphatic heterocycles. The van der Waals surface area contributed by atoms with E-state index in [2.05, 4.69) is 34.7 Å². The molecular weight excluding hydrogens is 465 g/mol. The Hall–Kier alpha value is -1.35. The maximum Gasteiger partial charge on any atom is 0.226 e. The van der Waals surface area contributed by atoms with Crippen molar-refractivity contribution in [1.82, 2.24) is 15.5 Å². The first-order chi connectivity index (χ1) is 13.0. The molecule has 6 nitrogen and oxygen atoms in total. The molecule has 1 fully saturated rings. The highest BCUT2D eigenvalue weighted by Gasteiger charge is 2.22. The average molecular weight is 501 g/mol. The number of likely N-dealkylation sites (N-methyl/N-ethyl adjacent to an activating group) is 1. The highest BCUT2D eigenvalue weighted by molar-refractivity contribution is 14.0. The van der Waals surface area contributed by atoms with E-state index in [9.17, 15) is 4.79 Å². The van der Waals surface area contributed by atoms with Crippen molar-refractivity contribution in [1.29, 1.82) is 0 Å². The van der Waals surface area contributed by atoms with Crippen LogP contribution in [0, 0.1) is 5.92 Å². The van der Waals surface area contributed by atoms with Crippen LogP contribution >= 0.6 is 24.0 Å². The summed E-state index contributed by atoms with van der Waals surface area (Å²) in [5.41, 5.74) is 1.94. The number of nitrogens with one attached hydrogen (secondary N) is 3. The minimum Gasteiger partial charge on any atom is -0.357 e. The number of carbonyl (C=O) groups excluding carboxylic acids is 1. The predicted molar refractivity (Wildman–Crippen MR) is 128 cm³/mol. The Balaban J connectivity index is 0.00000392. The van der Waals surface area contributed by atoms with Crippen LogP contribution < -0.4 is 16.0 Å². The minimum absolute atomic E-state index is 0. The molecule has 28 heavy (non-hydrogen) atoms. The number of amides is 1. The number of anilines is 1. The summed E-state index contributed by atoms with van der Waals surface area (Å²) < 4.78 is 0. The molecule has 158 valence electrons. The number of hydrogen-bond donors (Lipinski definition) is 3. The second kappa shape index (κ2) is 13.0. The zero-order valence-electron chi connectivity index (χ0n) is 17.6. The third-order valence-electron chi connectivity index (χ3n) is 4.92. The van der Waals surface area contributed by atoms with Crippen molar-refractivity contribution in [2.75, 3.05) is 31.5 Å². The van der Waals surface area contributed by atoms with Crippen LogP contribution in [0.25, 0.3) is 0 Å². The monoisotopic (exact) mass is 501 g/mol. The molecule has 0 spiro atoms. The van der Waals surface area contributed by atoms with Gasteiger partial charge in [0.25, 0.3) is 0 Å². The Bertz CT molecular complexity index is 618. The number of hydrogen-bond acceptors (Lipinski definition) is 3. The normalized spacial score (nSPS) is 17.3. The van der Waals surface area contributed by atoms with Gasteiger partial charge >= 0.3 is 0 Å². The first kappa shape index (κ1) is 24.7. The standard InChI is InChI=1S/C21H35N5O.HI/c1-5-22-21(24-15-19-8-7-13-26(19)6-2)23-14-17-9-11-18(12-10-17)25-20(27)16(3)4;/h9-12,16,19H,5-8,13-15H2,1-4H3,(H,25,27)(H2,22,23,24);1H. The van der Waals surface area contributed by atoms with Gasteiger partial charge in [-0.2, -0.15) is 0 Å². The molecule has 1 saturated heterocycles. The van der Waals surface area contributed by atoms with Gasteiger partial charge in [0, 0.05) is 30.7 Å². The van der Waals surface area contributed by atoms with E-state index in [4.69, 9.17) is 4.99 Å². The molecule has 7 heteroatoms. The van der Waals surface area contributed by atoms with Gasteiger partial charge in [0.15, 0.2) is 5.96 Å². The maximum atomic E-state index is 11.8. The number of benzene rings is 1. The molecule has 0 bridgehead atoms. The third-order valence-corrected chi connectivity index (χ3v) is 4.92. The fraction of sp³-hybridized carbons (Fsp3) is 0.619. The van der Waals surface area contributed by atoms with Crippen LogP contribution in [-0.4, -0.2) is 49.0 Å². The van der Waals surface area contributed by atoms with Crippen LogP contribution in [0.2, 0.25) is 0 Å². The summed E-state index contributed by atoms with van der Waals surface area (Å²) in [7, 11) is 0. The van der Waals surface area contributed by atoms with Crippen LogP contribution in [-0.2, 0) is 11.3 Å². The summed E-state index contributed by atoms with van der Waals surface area (Å²) in [5, 5.41) is 9.72. The van der Waals surface area contributed by atoms with Crippen molar-refractivity contribution in [3.8, 4) is 0 Å². The molecule has 1 aromatic rings. The van der Waals surface area contributed by atoms with Gasteiger partial charge in [-0.3, -0.25) is 9.69 Å². The Labute approximate surface area is 187 Å². The average Bonchev–Trinajstić information content (AvgIpc) is 3.12. The van der Waals surface area contributed by atoms with Gasteiger partial charge in [-0.25, -0.2) is 4.99 Å². The number of likely N-dealkylation sites (tertiary alicyclic amines) is 1. The number of halogens is 1. The highest BCUT2D eigenvalue weighted by Crippen LogP contribution is 2.15. The summed E-state index contributed by atoms with van der Waals surface area (Å²) in [5.74, 6) is 0.872. The lowest BCUT2D eigenvalue weighted by atomic mass is 10.1. The second-order valence-electron chi connectivity index (χ2n) is 7.34. The van der Waals surface area contributed by atoms with Gasteiger partial charge in [-0.05, 0) is 50.6 Å². The number of rotatable bonds is 8. The van der Waals surface area contributed by atoms with Gasteiger partial charge in [0.05, 0.1) is 6.54 Å². The summed E-state index contributed by atoms with van der Waals surface area (Å²) in [6.45, 7) is 12.8. The molecule has 0 aliphatic carbocycles. The number of nitrogens with zero attached hydrogens (tertiary/aromatic N) is 2. The molecule has 1 aliphatic rings. The van der Waals surface area contributed by atoms with Crippen molar-refractivity contribution in [3.05, 3.63) is 29.8 Å². The van der Waals surface area contributed by atoms with Gasteiger partial charge in [0.1, 0.15) is 0 Å². The Morgan fingerprint density at radius 1 is 1.21 bits per heavy atom. The van der Waals surface area contributed by atoms with E-state index in [1.807, 2.05) is 38.1 Å². The van der Waals surface area contributed by atoms with E-state index >= 15 is 0 Å². The molecule has 0 saturated carbocycles. The topological polar surface area (TPSA) is 68.8 Å². The van der Waals surface area contributed by atoms with Gasteiger partial charge in [-0.15, -0.1) is 24.0 Å². The first-order valence-corrected chi connectivity index (χ1v) is 10.2. The molecule has 1 heterocycles. The van der Waals surface area contributed by atoms with E-state index in [-0.39, 0.29) is 35.8 Å². The molecule has 0 radical (unpaired) electrons. The molecular formula is C21H36IN5O. The quantitative estimate of drug-likeness (QED) is 0.290. The predicted octanol–water partition coefficient (Wildman–Crippen LogP) is 3.44. The second-order valence-corrected chi connectivity index (χ2v) is 7.34. The SMILES string of the molecule is CCNC(=NCc1ccc(NC(=O)C(C)C)cc1)NCC1CCCN1CC.I. The molecule has 3 N–H and O–H groups in total. The fourth-order valence-electron chi connectivity index (χ4n) is 3.25. The molecule has 1 unspecified atom stereocenters. The number of aliphatic imine (C=N–C) groups is 1. The van der Waals surface area contributed by atoms with Gasteiger partial charge in [0.2, 0.25) is 5.91 Å². The van der Waals surface area contributed by atoms with Crippen molar-refractivity contribution in [3.63, 3.8) is 0 Å². The van der Waals surface area contributed by atoms with Crippen LogP contribution in [0.3, 0.4) is 0 Å². The van der Waals surface area contributed by atoms with E-state index in [1.165, 1.54) is 19.4 Å². The van der Waals surface area contributed by atoms with E-state index < -0.39 is 0 Å². The summed E-state index contributed by atoms with van der Waals surface area (Å²) in [6, 6.07) is 8.49. The third kappa shape index (κ3) is 7.95. The lowest BCUT2D eigenvalue weighted by molar-refractivity contribution is -0.118. The van der Waals surface area contributed by atoms with Crippen molar-refractivity contribution >= 4 is 41.5 Å². The Morgan fingerprint density at radius 3 is 2.54 bits per heavy atom. The van der Waals surface area contributed by atoms with E-state index in [1.54, 1.807) is 0 Å². The van der Waals surface area contributed by atoms with Crippen molar-refractivity contribution in [2.24, 2.45) is 10.9 Å². The fourth-order valence-corrected chi connectivity index (χ4v) is 3.25. The zero-order chi connectivity index (χ0) is 19.6. The van der Waals surface area contributed by atoms with Crippen LogP contribution in [0.5, 0.6) is 0 Å². The van der Waals surface area contributed by atoms with Crippen molar-refractivity contribution < 1.29 is 4.79 Å². The first-order valence-electron chi connectivity index (χ1n) is 10.2. The summed E-state index contributed by atoms with van der Waals surface area (Å²) >= 11 is 0. The number of guanidine groups is 1. The summed E-state index contributed by atoms with van der Waals surface area (Å²) in [4.78, 5) is 19.0. The van der Waals surface area contributed by atoms with Crippen LogP contribution in [0.15, 0.2) is 29.3 Å². The minimum atomic E-state index is -0.0217. The van der Waals surface area contributed by atoms with E-state index in [0.717, 1.165) is 36.8 Å². The van der Waals surface area contributed by atoms with Gasteiger partial charge in [-0.1, -0.05) is 32.9 Å². The summed E-state index contributed by atoms with van der Waals surface area (Å²) in [6.07, 6.45) is 2.54. The van der Waals surface area contributed by atoms with E-state index in [0.29, 0.717) is 12.6 Å². The number of carbonyl (C=O) groups is 1. The Morgan fingerprint density at radius 2 is 1.93 bits per heavy atom. The largest absolute Gasteiger partial charge is 0.357 e. The van der Waals surface area contributed by atoms with Crippen LogP contribution in [0.1, 0.15) is 46.1 Å². The lowest BCUT2D eigenvalue weighted by Gasteiger charge is -2.24. The maximum absolute atomic E-state index is 11.8. The van der Waals surface area contributed by atoms with Crippen molar-refractivity contribution in [2.45, 2.75) is 53.1 Å². The molecule has 0 aromatic heterocycles. The van der Waals surface area contributed by atoms with Crippen LogP contribution in [0.4, 0.5) is 5.69 Å².